The number of amides is 1. The molecule has 0 spiro atoms. The molecule has 2 aromatic rings. The van der Waals surface area contributed by atoms with Gasteiger partial charge in [0, 0.05) is 18.8 Å². The van der Waals surface area contributed by atoms with Crippen LogP contribution in [0.5, 0.6) is 5.88 Å². The Balaban J connectivity index is 2.04. The molecule has 1 heterocycles. The van der Waals surface area contributed by atoms with Crippen molar-refractivity contribution in [2.75, 3.05) is 27.2 Å². The van der Waals surface area contributed by atoms with Crippen LogP contribution in [0.2, 0.25) is 0 Å². The second kappa shape index (κ2) is 8.66. The minimum absolute atomic E-state index is 0.188. The number of benzene rings is 1. The Morgan fingerprint density at radius 2 is 1.88 bits per heavy atom. The van der Waals surface area contributed by atoms with Gasteiger partial charge in [-0.25, -0.2) is 4.98 Å². The van der Waals surface area contributed by atoms with Crippen molar-refractivity contribution in [1.29, 1.82) is 0 Å². The minimum atomic E-state index is -4.44. The van der Waals surface area contributed by atoms with E-state index in [9.17, 15) is 18.0 Å². The Hall–Kier alpha value is -2.61. The van der Waals surface area contributed by atoms with E-state index in [0.717, 1.165) is 5.56 Å². The monoisotopic (exact) mass is 367 g/mol. The highest BCUT2D eigenvalue weighted by Gasteiger charge is 2.28. The molecule has 2 rings (SSSR count). The van der Waals surface area contributed by atoms with Crippen LogP contribution in [0.1, 0.15) is 22.0 Å². The van der Waals surface area contributed by atoms with Crippen molar-refractivity contribution in [1.82, 2.24) is 15.2 Å². The number of carbonyl (C=O) groups excluding carboxylic acids is 1. The zero-order valence-corrected chi connectivity index (χ0v) is 14.5. The van der Waals surface area contributed by atoms with Crippen LogP contribution in [-0.4, -0.2) is 49.2 Å². The molecular weight excluding hydrogens is 347 g/mol. The van der Waals surface area contributed by atoms with E-state index >= 15 is 0 Å². The fourth-order valence-corrected chi connectivity index (χ4v) is 2.28. The van der Waals surface area contributed by atoms with E-state index in [4.69, 9.17) is 0 Å². The highest BCUT2D eigenvalue weighted by atomic mass is 19.4. The van der Waals surface area contributed by atoms with E-state index in [2.05, 4.69) is 15.0 Å². The molecule has 0 fully saturated rings. The summed E-state index contributed by atoms with van der Waals surface area (Å²) in [6.07, 6.45) is -3.24. The number of halogens is 3. The number of hydrogen-bond donors (Lipinski definition) is 1. The van der Waals surface area contributed by atoms with Gasteiger partial charge in [-0.1, -0.05) is 30.3 Å². The van der Waals surface area contributed by atoms with E-state index in [1.54, 1.807) is 0 Å². The molecule has 0 radical (unpaired) electrons. The summed E-state index contributed by atoms with van der Waals surface area (Å²) in [5.74, 6) is -0.553. The van der Waals surface area contributed by atoms with Crippen molar-refractivity contribution >= 4 is 5.91 Å². The van der Waals surface area contributed by atoms with Crippen molar-refractivity contribution in [2.24, 2.45) is 0 Å². The number of nitrogens with one attached hydrogen (secondary N) is 1. The number of aromatic nitrogens is 1. The number of ether oxygens (including phenoxy) is 1. The van der Waals surface area contributed by atoms with E-state index < -0.39 is 12.8 Å². The lowest BCUT2D eigenvalue weighted by Gasteiger charge is -2.23. The van der Waals surface area contributed by atoms with Gasteiger partial charge in [0.2, 0.25) is 5.88 Å². The van der Waals surface area contributed by atoms with Crippen LogP contribution < -0.4 is 10.1 Å². The van der Waals surface area contributed by atoms with Crippen LogP contribution in [-0.2, 0) is 0 Å². The Morgan fingerprint density at radius 1 is 1.19 bits per heavy atom. The van der Waals surface area contributed by atoms with Gasteiger partial charge < -0.3 is 15.0 Å². The molecule has 1 N–H and O–H groups in total. The van der Waals surface area contributed by atoms with Crippen LogP contribution in [0.15, 0.2) is 48.7 Å². The van der Waals surface area contributed by atoms with Crippen LogP contribution in [0.3, 0.4) is 0 Å². The highest BCUT2D eigenvalue weighted by Crippen LogP contribution is 2.18. The van der Waals surface area contributed by atoms with Gasteiger partial charge in [0.1, 0.15) is 0 Å². The molecule has 0 saturated heterocycles. The molecule has 0 aliphatic rings. The summed E-state index contributed by atoms with van der Waals surface area (Å²) < 4.78 is 40.9. The number of hydrogen-bond acceptors (Lipinski definition) is 4. The molecule has 1 unspecified atom stereocenters. The molecule has 140 valence electrons. The average Bonchev–Trinajstić information content (AvgIpc) is 2.59. The van der Waals surface area contributed by atoms with Crippen molar-refractivity contribution in [2.45, 2.75) is 12.2 Å². The first-order valence-corrected chi connectivity index (χ1v) is 7.91. The van der Waals surface area contributed by atoms with Crippen molar-refractivity contribution in [3.05, 3.63) is 59.8 Å². The third kappa shape index (κ3) is 6.36. The summed E-state index contributed by atoms with van der Waals surface area (Å²) in [5, 5.41) is 2.92. The smallest absolute Gasteiger partial charge is 0.422 e. The second-order valence-corrected chi connectivity index (χ2v) is 5.99. The molecule has 1 aromatic heterocycles. The maximum atomic E-state index is 12.4. The number of carbonyl (C=O) groups is 1. The molecule has 0 aliphatic heterocycles. The minimum Gasteiger partial charge on any atom is -0.468 e. The zero-order chi connectivity index (χ0) is 19.2. The number of nitrogens with zero attached hydrogens (tertiary/aromatic N) is 2. The van der Waals surface area contributed by atoms with Crippen LogP contribution in [0, 0.1) is 0 Å². The predicted molar refractivity (Wildman–Crippen MR) is 91.0 cm³/mol. The quantitative estimate of drug-likeness (QED) is 0.817. The summed E-state index contributed by atoms with van der Waals surface area (Å²) in [6, 6.07) is 11.9. The van der Waals surface area contributed by atoms with Crippen molar-refractivity contribution < 1.29 is 22.7 Å². The fourth-order valence-electron chi connectivity index (χ4n) is 2.28. The second-order valence-electron chi connectivity index (χ2n) is 5.99. The van der Waals surface area contributed by atoms with E-state index in [0.29, 0.717) is 6.54 Å². The standard InChI is InChI=1S/C18H20F3N3O2/c1-24(2)11-15(13-6-4-3-5-7-13)23-17(25)14-8-9-16(22-10-14)26-12-18(19,20)21/h3-10,15H,11-12H2,1-2H3,(H,23,25). The van der Waals surface area contributed by atoms with Gasteiger partial charge in [-0.2, -0.15) is 13.2 Å². The first-order chi connectivity index (χ1) is 12.2. The van der Waals surface area contributed by atoms with Gasteiger partial charge in [0.05, 0.1) is 11.6 Å². The number of alkyl halides is 3. The highest BCUT2D eigenvalue weighted by molar-refractivity contribution is 5.94. The predicted octanol–water partition coefficient (Wildman–Crippen LogP) is 3.06. The Kier molecular flexibility index (Phi) is 6.57. The summed E-state index contributed by atoms with van der Waals surface area (Å²) in [6.45, 7) is -0.833. The van der Waals surface area contributed by atoms with Crippen LogP contribution in [0.4, 0.5) is 13.2 Å². The maximum Gasteiger partial charge on any atom is 0.422 e. The lowest BCUT2D eigenvalue weighted by atomic mass is 10.1. The van der Waals surface area contributed by atoms with E-state index in [-0.39, 0.29) is 23.4 Å². The molecule has 26 heavy (non-hydrogen) atoms. The average molecular weight is 367 g/mol. The molecule has 1 atom stereocenters. The summed E-state index contributed by atoms with van der Waals surface area (Å²) >= 11 is 0. The summed E-state index contributed by atoms with van der Waals surface area (Å²) in [4.78, 5) is 18.1. The zero-order valence-electron chi connectivity index (χ0n) is 14.5. The number of rotatable bonds is 7. The molecule has 1 amide bonds. The fraction of sp³-hybridized carbons (Fsp3) is 0.333. The van der Waals surface area contributed by atoms with Gasteiger partial charge in [-0.3, -0.25) is 4.79 Å². The van der Waals surface area contributed by atoms with Gasteiger partial charge in [-0.15, -0.1) is 0 Å². The Morgan fingerprint density at radius 3 is 2.42 bits per heavy atom. The van der Waals surface area contributed by atoms with Gasteiger partial charge in [0.25, 0.3) is 5.91 Å². The molecular formula is C18H20F3N3O2. The maximum absolute atomic E-state index is 12.4. The summed E-state index contributed by atoms with van der Waals surface area (Å²) in [5.41, 5.74) is 1.19. The topological polar surface area (TPSA) is 54.5 Å². The third-order valence-electron chi connectivity index (χ3n) is 3.44. The van der Waals surface area contributed by atoms with Crippen molar-refractivity contribution in [3.63, 3.8) is 0 Å². The van der Waals surface area contributed by atoms with Crippen molar-refractivity contribution in [3.8, 4) is 5.88 Å². The molecule has 0 saturated carbocycles. The largest absolute Gasteiger partial charge is 0.468 e. The molecule has 0 bridgehead atoms. The first kappa shape index (κ1) is 19.7. The Bertz CT molecular complexity index is 704. The Labute approximate surface area is 149 Å². The van der Waals surface area contributed by atoms with Crippen LogP contribution in [0.25, 0.3) is 0 Å². The number of pyridine rings is 1. The lowest BCUT2D eigenvalue weighted by Crippen LogP contribution is -2.35. The SMILES string of the molecule is CN(C)CC(NC(=O)c1ccc(OCC(F)(F)F)nc1)c1ccccc1. The first-order valence-electron chi connectivity index (χ1n) is 7.91. The lowest BCUT2D eigenvalue weighted by molar-refractivity contribution is -0.154. The molecule has 1 aromatic carbocycles. The third-order valence-corrected chi connectivity index (χ3v) is 3.44. The molecule has 0 aliphatic carbocycles. The van der Waals surface area contributed by atoms with Gasteiger partial charge in [-0.05, 0) is 25.7 Å². The van der Waals surface area contributed by atoms with Crippen LogP contribution >= 0.6 is 0 Å². The normalized spacial score (nSPS) is 12.7. The van der Waals surface area contributed by atoms with Gasteiger partial charge in [0.15, 0.2) is 6.61 Å². The molecule has 5 nitrogen and oxygen atoms in total. The van der Waals surface area contributed by atoms with E-state index in [1.165, 1.54) is 18.3 Å². The van der Waals surface area contributed by atoms with E-state index in [1.807, 2.05) is 49.3 Å². The summed E-state index contributed by atoms with van der Waals surface area (Å²) in [7, 11) is 3.80. The molecule has 8 heteroatoms. The number of likely N-dealkylation sites (N-methyl/N-ethyl adjacent to an activating group) is 1. The van der Waals surface area contributed by atoms with Gasteiger partial charge >= 0.3 is 6.18 Å².